The number of aromatic nitrogens is 3. The largest absolute Gasteiger partial charge is 0.280 e. The Balaban J connectivity index is 1.41. The molecule has 0 radical (unpaired) electrons. The van der Waals surface area contributed by atoms with Crippen LogP contribution in [0, 0.1) is 0 Å². The summed E-state index contributed by atoms with van der Waals surface area (Å²) in [6.07, 6.45) is 5.88. The van der Waals surface area contributed by atoms with Crippen LogP contribution < -0.4 is 4.72 Å². The Hall–Kier alpha value is -2.55. The summed E-state index contributed by atoms with van der Waals surface area (Å²) in [6.45, 7) is 1.09. The van der Waals surface area contributed by atoms with Crippen LogP contribution >= 0.6 is 0 Å². The van der Waals surface area contributed by atoms with E-state index in [0.29, 0.717) is 18.9 Å². The maximum Gasteiger partial charge on any atom is 0.280 e. The second-order valence-electron chi connectivity index (χ2n) is 6.15. The summed E-state index contributed by atoms with van der Waals surface area (Å²) in [5.74, 6) is 0.689. The molecule has 7 nitrogen and oxygen atoms in total. The molecule has 0 amide bonds. The van der Waals surface area contributed by atoms with Crippen LogP contribution in [0.2, 0.25) is 0 Å². The number of hydrogen-bond acceptors (Lipinski definition) is 4. The van der Waals surface area contributed by atoms with Crippen LogP contribution in [0.4, 0.5) is 0 Å². The molecule has 0 unspecified atom stereocenters. The van der Waals surface area contributed by atoms with Crippen molar-refractivity contribution in [1.82, 2.24) is 23.8 Å². The fraction of sp³-hybridized carbons (Fsp3) is 0.222. The van der Waals surface area contributed by atoms with Gasteiger partial charge in [-0.2, -0.15) is 22.5 Å². The van der Waals surface area contributed by atoms with Crippen molar-refractivity contribution in [3.8, 4) is 5.82 Å². The van der Waals surface area contributed by atoms with Crippen molar-refractivity contribution in [3.63, 3.8) is 0 Å². The molecule has 4 rings (SSSR count). The molecule has 3 heterocycles. The summed E-state index contributed by atoms with van der Waals surface area (Å²) in [5.41, 5.74) is 3.08. The second-order valence-corrected chi connectivity index (χ2v) is 7.91. The Morgan fingerprint density at radius 2 is 1.92 bits per heavy atom. The molecule has 0 aliphatic carbocycles. The van der Waals surface area contributed by atoms with E-state index in [1.165, 1.54) is 9.87 Å². The van der Waals surface area contributed by atoms with E-state index in [9.17, 15) is 8.42 Å². The lowest BCUT2D eigenvalue weighted by Gasteiger charge is -2.28. The Morgan fingerprint density at radius 3 is 2.65 bits per heavy atom. The standard InChI is InChI=1S/C18H19N5O2S/c24-26(25,22-11-8-16-4-1-2-5-17(16)14-22)21-13-15-6-7-18(19-12-15)23-10-3-9-20-23/h1-7,9-10,12,21H,8,11,13-14H2. The maximum absolute atomic E-state index is 12.6. The predicted molar refractivity (Wildman–Crippen MR) is 97.7 cm³/mol. The summed E-state index contributed by atoms with van der Waals surface area (Å²) in [4.78, 5) is 4.32. The van der Waals surface area contributed by atoms with Gasteiger partial charge < -0.3 is 0 Å². The van der Waals surface area contributed by atoms with Gasteiger partial charge in [0, 0.05) is 38.2 Å². The van der Waals surface area contributed by atoms with Crippen molar-refractivity contribution >= 4 is 10.2 Å². The second kappa shape index (κ2) is 6.99. The van der Waals surface area contributed by atoms with E-state index >= 15 is 0 Å². The molecular formula is C18H19N5O2S. The first-order valence-corrected chi connectivity index (χ1v) is 9.82. The topological polar surface area (TPSA) is 80.1 Å². The highest BCUT2D eigenvalue weighted by molar-refractivity contribution is 7.87. The molecule has 8 heteroatoms. The molecule has 1 aliphatic heterocycles. The molecule has 0 atom stereocenters. The molecular weight excluding hydrogens is 350 g/mol. The van der Waals surface area contributed by atoms with E-state index in [0.717, 1.165) is 17.5 Å². The number of nitrogens with one attached hydrogen (secondary N) is 1. The van der Waals surface area contributed by atoms with Gasteiger partial charge >= 0.3 is 0 Å². The van der Waals surface area contributed by atoms with E-state index < -0.39 is 10.2 Å². The Kier molecular flexibility index (Phi) is 4.54. The number of benzene rings is 1. The first-order valence-electron chi connectivity index (χ1n) is 8.38. The quantitative estimate of drug-likeness (QED) is 0.742. The minimum atomic E-state index is -3.54. The van der Waals surface area contributed by atoms with Crippen molar-refractivity contribution in [3.05, 3.63) is 77.7 Å². The Bertz CT molecular complexity index is 985. The molecule has 134 valence electrons. The van der Waals surface area contributed by atoms with Crippen LogP contribution in [-0.2, 0) is 29.7 Å². The molecule has 0 fully saturated rings. The summed E-state index contributed by atoms with van der Waals surface area (Å²) in [5, 5.41) is 4.12. The third kappa shape index (κ3) is 3.52. The van der Waals surface area contributed by atoms with Crippen molar-refractivity contribution < 1.29 is 8.42 Å². The van der Waals surface area contributed by atoms with Crippen LogP contribution in [0.15, 0.2) is 61.1 Å². The molecule has 2 aromatic heterocycles. The predicted octanol–water partition coefficient (Wildman–Crippen LogP) is 1.66. The monoisotopic (exact) mass is 369 g/mol. The first kappa shape index (κ1) is 16.9. The summed E-state index contributed by atoms with van der Waals surface area (Å²) >= 11 is 0. The SMILES string of the molecule is O=S(=O)(NCc1ccc(-n2cccn2)nc1)N1CCc2ccccc2C1. The highest BCUT2D eigenvalue weighted by Gasteiger charge is 2.26. The molecule has 0 spiro atoms. The first-order chi connectivity index (χ1) is 12.6. The lowest BCUT2D eigenvalue weighted by atomic mass is 10.0. The van der Waals surface area contributed by atoms with E-state index in [4.69, 9.17) is 0 Å². The average molecular weight is 369 g/mol. The van der Waals surface area contributed by atoms with E-state index in [1.807, 2.05) is 36.4 Å². The van der Waals surface area contributed by atoms with Crippen LogP contribution in [0.3, 0.4) is 0 Å². The van der Waals surface area contributed by atoms with Gasteiger partial charge in [0.05, 0.1) is 0 Å². The number of fused-ring (bicyclic) bond motifs is 1. The number of pyridine rings is 1. The minimum Gasteiger partial charge on any atom is -0.237 e. The van der Waals surface area contributed by atoms with Crippen molar-refractivity contribution in [2.24, 2.45) is 0 Å². The number of rotatable bonds is 5. The number of hydrogen-bond donors (Lipinski definition) is 1. The van der Waals surface area contributed by atoms with Crippen molar-refractivity contribution in [2.45, 2.75) is 19.5 Å². The van der Waals surface area contributed by atoms with Crippen LogP contribution in [0.5, 0.6) is 0 Å². The third-order valence-corrected chi connectivity index (χ3v) is 5.94. The molecule has 3 aromatic rings. The molecule has 1 aromatic carbocycles. The van der Waals surface area contributed by atoms with Gasteiger partial charge in [-0.3, -0.25) is 0 Å². The molecule has 0 saturated carbocycles. The van der Waals surface area contributed by atoms with Gasteiger partial charge in [-0.25, -0.2) is 9.67 Å². The Morgan fingerprint density at radius 1 is 1.08 bits per heavy atom. The lowest BCUT2D eigenvalue weighted by Crippen LogP contribution is -2.43. The van der Waals surface area contributed by atoms with Gasteiger partial charge in [0.25, 0.3) is 10.2 Å². The maximum atomic E-state index is 12.6. The van der Waals surface area contributed by atoms with Gasteiger partial charge in [-0.05, 0) is 35.2 Å². The zero-order chi connectivity index (χ0) is 18.0. The summed E-state index contributed by atoms with van der Waals surface area (Å²) in [7, 11) is -3.54. The van der Waals surface area contributed by atoms with Gasteiger partial charge in [0.15, 0.2) is 5.82 Å². The summed E-state index contributed by atoms with van der Waals surface area (Å²) in [6, 6.07) is 13.4. The fourth-order valence-electron chi connectivity index (χ4n) is 3.00. The van der Waals surface area contributed by atoms with Crippen LogP contribution in [0.25, 0.3) is 5.82 Å². The molecule has 0 bridgehead atoms. The normalized spacial score (nSPS) is 14.9. The highest BCUT2D eigenvalue weighted by atomic mass is 32.2. The molecule has 1 aliphatic rings. The van der Waals surface area contributed by atoms with E-state index in [2.05, 4.69) is 20.9 Å². The molecule has 1 N–H and O–H groups in total. The number of nitrogens with zero attached hydrogens (tertiary/aromatic N) is 4. The average Bonchev–Trinajstić information content (AvgIpc) is 3.21. The zero-order valence-electron chi connectivity index (χ0n) is 14.1. The van der Waals surface area contributed by atoms with Crippen molar-refractivity contribution in [2.75, 3.05) is 6.54 Å². The van der Waals surface area contributed by atoms with Gasteiger partial charge in [-0.1, -0.05) is 30.3 Å². The van der Waals surface area contributed by atoms with Gasteiger partial charge in [0.2, 0.25) is 0 Å². The smallest absolute Gasteiger partial charge is 0.237 e. The zero-order valence-corrected chi connectivity index (χ0v) is 14.9. The summed E-state index contributed by atoms with van der Waals surface area (Å²) < 4.78 is 31.0. The lowest BCUT2D eigenvalue weighted by molar-refractivity contribution is 0.384. The van der Waals surface area contributed by atoms with Gasteiger partial charge in [0.1, 0.15) is 0 Å². The molecule has 0 saturated heterocycles. The highest BCUT2D eigenvalue weighted by Crippen LogP contribution is 2.20. The van der Waals surface area contributed by atoms with Crippen LogP contribution in [0.1, 0.15) is 16.7 Å². The van der Waals surface area contributed by atoms with Gasteiger partial charge in [-0.15, -0.1) is 0 Å². The van der Waals surface area contributed by atoms with E-state index in [-0.39, 0.29) is 6.54 Å². The minimum absolute atomic E-state index is 0.201. The Labute approximate surface area is 152 Å². The molecule has 26 heavy (non-hydrogen) atoms. The fourth-order valence-corrected chi connectivity index (χ4v) is 4.17. The third-order valence-electron chi connectivity index (χ3n) is 4.44. The van der Waals surface area contributed by atoms with Crippen LogP contribution in [-0.4, -0.2) is 34.0 Å². The van der Waals surface area contributed by atoms with Crippen molar-refractivity contribution in [1.29, 1.82) is 0 Å². The van der Waals surface area contributed by atoms with E-state index in [1.54, 1.807) is 23.3 Å².